The highest BCUT2D eigenvalue weighted by molar-refractivity contribution is 7.63. The molecular formula is C6H6F18N9O4P. The topological polar surface area (TPSA) is 73.9 Å². The lowest BCUT2D eigenvalue weighted by Gasteiger charge is -2.36. The molecule has 38 heavy (non-hydrogen) atoms. The van der Waals surface area contributed by atoms with Crippen molar-refractivity contribution >= 4 is 7.14 Å². The molecule has 230 valence electrons. The van der Waals surface area contributed by atoms with E-state index in [0.717, 1.165) is 0 Å². The summed E-state index contributed by atoms with van der Waals surface area (Å²) in [6.45, 7) is 0. The molecule has 0 aliphatic carbocycles. The van der Waals surface area contributed by atoms with E-state index >= 15 is 0 Å². The summed E-state index contributed by atoms with van der Waals surface area (Å²) in [5, 5.41) is -29.4. The molecule has 0 heterocycles. The predicted molar refractivity (Wildman–Crippen MR) is 70.2 cm³/mol. The van der Waals surface area contributed by atoms with Gasteiger partial charge in [0.2, 0.25) is 0 Å². The van der Waals surface area contributed by atoms with E-state index in [-0.39, 0.29) is 0 Å². The van der Waals surface area contributed by atoms with Crippen LogP contribution in [0.2, 0.25) is 0 Å². The van der Waals surface area contributed by atoms with Gasteiger partial charge in [-0.05, 0) is 0 Å². The fraction of sp³-hybridized carbons (Fsp3) is 1.00. The smallest absolute Gasteiger partial charge is 0.316 e. The van der Waals surface area contributed by atoms with E-state index in [0.29, 0.717) is 0 Å². The van der Waals surface area contributed by atoms with Crippen molar-refractivity contribution in [3.8, 4) is 0 Å². The van der Waals surface area contributed by atoms with E-state index < -0.39 is 92.2 Å². The van der Waals surface area contributed by atoms with Gasteiger partial charge in [-0.15, -0.1) is 0 Å². The van der Waals surface area contributed by atoms with Gasteiger partial charge < -0.3 is 18.8 Å². The normalized spacial score (nSPS) is 14.8. The Morgan fingerprint density at radius 3 is 0.605 bits per heavy atom. The van der Waals surface area contributed by atoms with Crippen molar-refractivity contribution in [2.45, 2.75) is 17.9 Å². The van der Waals surface area contributed by atoms with Crippen LogP contribution >= 0.6 is 7.14 Å². The summed E-state index contributed by atoms with van der Waals surface area (Å²) in [4.78, 5) is 0. The summed E-state index contributed by atoms with van der Waals surface area (Å²) < 4.78 is 251. The average Bonchev–Trinajstić information content (AvgIpc) is 2.72. The van der Waals surface area contributed by atoms with Gasteiger partial charge in [0.05, 0.1) is 48.1 Å². The molecule has 0 aliphatic heterocycles. The van der Waals surface area contributed by atoms with Gasteiger partial charge in [0.1, 0.15) is 19.0 Å². The highest BCUT2D eigenvalue weighted by atomic mass is 31.2. The second kappa shape index (κ2) is 13.7. The molecule has 0 unspecified atom stereocenters. The summed E-state index contributed by atoms with van der Waals surface area (Å²) in [6, 6.07) is 0. The second-order valence-electron chi connectivity index (χ2n) is 5.70. The first-order chi connectivity index (χ1) is 17.1. The van der Waals surface area contributed by atoms with Crippen molar-refractivity contribution in [3.63, 3.8) is 0 Å². The molecule has 32 heteroatoms. The van der Waals surface area contributed by atoms with Crippen LogP contribution in [0.25, 0.3) is 0 Å². The molecule has 0 saturated carbocycles. The first-order valence-electron chi connectivity index (χ1n) is 7.66. The van der Waals surface area contributed by atoms with Crippen LogP contribution in [0, 0.1) is 0 Å². The fourth-order valence-electron chi connectivity index (χ4n) is 1.68. The van der Waals surface area contributed by atoms with Gasteiger partial charge in [-0.3, -0.25) is 0 Å². The van der Waals surface area contributed by atoms with Crippen molar-refractivity contribution in [1.29, 1.82) is 0 Å². The zero-order valence-electron chi connectivity index (χ0n) is 16.5. The molecule has 0 bridgehead atoms. The minimum atomic E-state index is -6.27. The number of halogens is 18. The zero-order chi connectivity index (χ0) is 30.4. The third-order valence-electron chi connectivity index (χ3n) is 3.46. The Morgan fingerprint density at radius 2 is 0.500 bits per heavy atom. The highest BCUT2D eigenvalue weighted by Crippen LogP contribution is 2.51. The molecule has 0 radical (unpaired) electrons. The molecule has 0 atom stereocenters. The molecule has 13 nitrogen and oxygen atoms in total. The minimum Gasteiger partial charge on any atom is -0.316 e. The molecule has 0 amide bonds. The SMILES string of the molecule is O=P(COC(N(F)F)(N(F)F)N(F)F)(COC(N(F)F)(N(F)F)N(F)F)COC(N(F)F)(N(F)F)N(F)F. The molecule has 0 aromatic rings. The number of nitrogens with zero attached hydrogens (tertiary/aromatic N) is 9. The van der Waals surface area contributed by atoms with Gasteiger partial charge >= 0.3 is 17.9 Å². The molecule has 0 aliphatic rings. The molecule has 0 spiro atoms. The third-order valence-corrected chi connectivity index (χ3v) is 5.26. The van der Waals surface area contributed by atoms with Gasteiger partial charge in [-0.1, -0.05) is 80.7 Å². The maximum absolute atomic E-state index is 12.7. The lowest BCUT2D eigenvalue weighted by molar-refractivity contribution is -0.554. The standard InChI is InChI=1S/C6H6F18N9O4P/c7-25(8)4(26(9)10,27(11)12)35-1-38(34,2-36-5(28(13)14,29(15)16)30(17)18)3-37-6(31(19)20,32(21)22)33(23)24/h1-3H2. The van der Waals surface area contributed by atoms with Crippen LogP contribution in [0.15, 0.2) is 0 Å². The minimum absolute atomic E-state index is 2.97. The van der Waals surface area contributed by atoms with Gasteiger partial charge in [-0.25, -0.2) is 0 Å². The summed E-state index contributed by atoms with van der Waals surface area (Å²) in [5.74, 6) is -17.5. The molecule has 0 saturated heterocycles. The van der Waals surface area contributed by atoms with Gasteiger partial charge in [0.25, 0.3) is 0 Å². The number of ether oxygens (including phenoxy) is 3. The molecular weight excluding hydrogens is 635 g/mol. The Balaban J connectivity index is 6.60. The highest BCUT2D eigenvalue weighted by Gasteiger charge is 2.62. The van der Waals surface area contributed by atoms with E-state index in [4.69, 9.17) is 0 Å². The molecule has 0 fully saturated rings. The van der Waals surface area contributed by atoms with Crippen LogP contribution in [-0.2, 0) is 18.8 Å². The van der Waals surface area contributed by atoms with Crippen LogP contribution in [-0.4, -0.2) is 85.1 Å². The molecule has 0 N–H and O–H groups in total. The van der Waals surface area contributed by atoms with Gasteiger partial charge in [0.15, 0.2) is 7.14 Å². The van der Waals surface area contributed by atoms with E-state index in [2.05, 4.69) is 14.2 Å². The predicted octanol–water partition coefficient (Wildman–Crippen LogP) is 4.74. The monoisotopic (exact) mass is 641 g/mol. The van der Waals surface area contributed by atoms with Crippen molar-refractivity contribution < 1.29 is 99.4 Å². The first-order valence-corrected chi connectivity index (χ1v) is 9.93. The van der Waals surface area contributed by atoms with Crippen LogP contribution < -0.4 is 0 Å². The van der Waals surface area contributed by atoms with Gasteiger partial charge in [0, 0.05) is 0 Å². The number of hydrogen-bond acceptors (Lipinski definition) is 13. The lowest BCUT2D eigenvalue weighted by Crippen LogP contribution is -2.60. The van der Waals surface area contributed by atoms with Crippen LogP contribution in [0.1, 0.15) is 0 Å². The van der Waals surface area contributed by atoms with Crippen molar-refractivity contribution in [2.75, 3.05) is 19.0 Å². The Kier molecular flexibility index (Phi) is 13.2. The fourth-order valence-corrected chi connectivity index (χ4v) is 3.13. The Morgan fingerprint density at radius 1 is 0.368 bits per heavy atom. The third kappa shape index (κ3) is 7.16. The summed E-state index contributed by atoms with van der Waals surface area (Å²) in [7, 11) is -6.27. The second-order valence-corrected chi connectivity index (χ2v) is 8.59. The van der Waals surface area contributed by atoms with Crippen molar-refractivity contribution in [3.05, 3.63) is 0 Å². The van der Waals surface area contributed by atoms with E-state index in [1.54, 1.807) is 0 Å². The first kappa shape index (κ1) is 36.5. The van der Waals surface area contributed by atoms with Gasteiger partial charge in [-0.2, -0.15) is 0 Å². The zero-order valence-corrected chi connectivity index (χ0v) is 17.4. The Labute approximate surface area is 193 Å². The number of rotatable bonds is 18. The largest absolute Gasteiger partial charge is 0.410 e. The van der Waals surface area contributed by atoms with E-state index in [1.807, 2.05) is 0 Å². The summed E-state index contributed by atoms with van der Waals surface area (Å²) >= 11 is 0. The summed E-state index contributed by atoms with van der Waals surface area (Å²) in [5.41, 5.74) is 0. The van der Waals surface area contributed by atoms with E-state index in [1.165, 1.54) is 0 Å². The molecule has 0 rings (SSSR count). The van der Waals surface area contributed by atoms with Crippen molar-refractivity contribution in [2.24, 2.45) is 0 Å². The lowest BCUT2D eigenvalue weighted by atomic mass is 10.8. The number of hydrogen-bond donors (Lipinski definition) is 0. The van der Waals surface area contributed by atoms with Crippen LogP contribution in [0.5, 0.6) is 0 Å². The van der Waals surface area contributed by atoms with Crippen molar-refractivity contribution in [1.82, 2.24) is 48.1 Å². The Hall–Kier alpha value is -1.51. The van der Waals surface area contributed by atoms with Crippen LogP contribution in [0.3, 0.4) is 0 Å². The van der Waals surface area contributed by atoms with E-state index in [9.17, 15) is 85.2 Å². The average molecular weight is 641 g/mol. The molecule has 0 aromatic heterocycles. The van der Waals surface area contributed by atoms with Crippen LogP contribution in [0.4, 0.5) is 80.7 Å². The maximum Gasteiger partial charge on any atom is 0.410 e. The summed E-state index contributed by atoms with van der Waals surface area (Å²) in [6.07, 6.45) is -8.91. The maximum atomic E-state index is 12.7. The molecule has 0 aromatic carbocycles. The quantitative estimate of drug-likeness (QED) is 0.0897. The Bertz CT molecular complexity index is 605.